The summed E-state index contributed by atoms with van der Waals surface area (Å²) in [6.45, 7) is 0. The zero-order chi connectivity index (χ0) is 18.5. The average molecular weight is 388 g/mol. The molecule has 2 heterocycles. The highest BCUT2D eigenvalue weighted by Gasteiger charge is 2.07. The van der Waals surface area contributed by atoms with Crippen molar-refractivity contribution in [3.05, 3.63) is 68.2 Å². The molecule has 0 fully saturated rings. The molecule has 0 unspecified atom stereocenters. The summed E-state index contributed by atoms with van der Waals surface area (Å²) in [6, 6.07) is 10.4. The van der Waals surface area contributed by atoms with Gasteiger partial charge in [-0.05, 0) is 11.1 Å². The Bertz CT molecular complexity index is 951. The molecule has 3 aromatic rings. The van der Waals surface area contributed by atoms with Crippen LogP contribution in [0.4, 0.5) is 11.6 Å². The van der Waals surface area contributed by atoms with E-state index in [2.05, 4.69) is 19.9 Å². The lowest BCUT2D eigenvalue weighted by Gasteiger charge is -2.09. The van der Waals surface area contributed by atoms with Crippen molar-refractivity contribution in [1.82, 2.24) is 19.9 Å². The number of thioether (sulfide) groups is 2. The van der Waals surface area contributed by atoms with Crippen LogP contribution in [0, 0.1) is 0 Å². The number of anilines is 2. The standard InChI is InChI=1S/C16H16N6O2S2/c17-11-5-13(23)21-15(19-11)25-7-9-3-1-2-4-10(9)8-26-16-20-12(18)6-14(24)22-16/h1-6H,7-8H2,(H3,17,19,21,23)(H3,18,20,22,24). The number of rotatable bonds is 6. The molecule has 0 spiro atoms. The second kappa shape index (κ2) is 8.11. The molecule has 26 heavy (non-hydrogen) atoms. The highest BCUT2D eigenvalue weighted by atomic mass is 32.2. The quantitative estimate of drug-likeness (QED) is 0.368. The summed E-state index contributed by atoms with van der Waals surface area (Å²) < 4.78 is 0. The first-order valence-electron chi connectivity index (χ1n) is 7.55. The van der Waals surface area contributed by atoms with Crippen LogP contribution in [0.1, 0.15) is 11.1 Å². The molecule has 0 bridgehead atoms. The van der Waals surface area contributed by atoms with Gasteiger partial charge in [0.25, 0.3) is 11.1 Å². The van der Waals surface area contributed by atoms with E-state index in [-0.39, 0.29) is 22.8 Å². The third-order valence-corrected chi connectivity index (χ3v) is 5.17. The van der Waals surface area contributed by atoms with Gasteiger partial charge in [0.05, 0.1) is 0 Å². The molecule has 0 saturated carbocycles. The Kier molecular flexibility index (Phi) is 5.64. The van der Waals surface area contributed by atoms with Gasteiger partial charge in [0.15, 0.2) is 10.3 Å². The number of benzene rings is 1. The Morgan fingerprint density at radius 3 is 1.62 bits per heavy atom. The number of nitrogens with one attached hydrogen (secondary N) is 2. The minimum Gasteiger partial charge on any atom is -0.383 e. The first-order valence-corrected chi connectivity index (χ1v) is 9.53. The zero-order valence-electron chi connectivity index (χ0n) is 13.6. The largest absolute Gasteiger partial charge is 0.383 e. The van der Waals surface area contributed by atoms with Crippen molar-refractivity contribution >= 4 is 35.2 Å². The smallest absolute Gasteiger partial charge is 0.253 e. The second-order valence-electron chi connectivity index (χ2n) is 5.30. The van der Waals surface area contributed by atoms with Gasteiger partial charge in [0, 0.05) is 23.6 Å². The molecular weight excluding hydrogens is 372 g/mol. The second-order valence-corrected chi connectivity index (χ2v) is 7.22. The van der Waals surface area contributed by atoms with Crippen molar-refractivity contribution in [2.24, 2.45) is 0 Å². The Balaban J connectivity index is 1.71. The van der Waals surface area contributed by atoms with E-state index in [1.165, 1.54) is 35.7 Å². The summed E-state index contributed by atoms with van der Waals surface area (Å²) in [6.07, 6.45) is 0. The maximum atomic E-state index is 11.5. The molecule has 0 amide bonds. The first kappa shape index (κ1) is 18.1. The molecule has 0 aliphatic rings. The number of hydrogen-bond acceptors (Lipinski definition) is 8. The van der Waals surface area contributed by atoms with Gasteiger partial charge in [0.1, 0.15) is 11.6 Å². The molecule has 0 radical (unpaired) electrons. The lowest BCUT2D eigenvalue weighted by atomic mass is 10.1. The molecule has 8 nitrogen and oxygen atoms in total. The third-order valence-electron chi connectivity index (χ3n) is 3.33. The van der Waals surface area contributed by atoms with Crippen LogP contribution in [0.2, 0.25) is 0 Å². The van der Waals surface area contributed by atoms with Crippen LogP contribution < -0.4 is 22.6 Å². The minimum absolute atomic E-state index is 0.191. The fraction of sp³-hybridized carbons (Fsp3) is 0.125. The van der Waals surface area contributed by atoms with Crippen molar-refractivity contribution in [2.75, 3.05) is 11.5 Å². The lowest BCUT2D eigenvalue weighted by molar-refractivity contribution is 0.943. The fourth-order valence-corrected chi connectivity index (χ4v) is 4.01. The van der Waals surface area contributed by atoms with Gasteiger partial charge in [0.2, 0.25) is 0 Å². The van der Waals surface area contributed by atoms with E-state index < -0.39 is 0 Å². The number of hydrogen-bond donors (Lipinski definition) is 4. The highest BCUT2D eigenvalue weighted by molar-refractivity contribution is 7.98. The Morgan fingerprint density at radius 2 is 1.23 bits per heavy atom. The molecule has 134 valence electrons. The number of nitrogen functional groups attached to an aromatic ring is 2. The van der Waals surface area contributed by atoms with Crippen molar-refractivity contribution in [3.8, 4) is 0 Å². The van der Waals surface area contributed by atoms with Crippen molar-refractivity contribution in [1.29, 1.82) is 0 Å². The predicted molar refractivity (Wildman–Crippen MR) is 104 cm³/mol. The topological polar surface area (TPSA) is 144 Å². The summed E-state index contributed by atoms with van der Waals surface area (Å²) in [4.78, 5) is 36.5. The molecular formula is C16H16N6O2S2. The van der Waals surface area contributed by atoms with Crippen LogP contribution >= 0.6 is 23.5 Å². The summed E-state index contributed by atoms with van der Waals surface area (Å²) in [7, 11) is 0. The SMILES string of the molecule is Nc1cc(=O)[nH]c(SCc2ccccc2CSc2nc(N)cc(=O)[nH]2)n1. The van der Waals surface area contributed by atoms with Gasteiger partial charge >= 0.3 is 0 Å². The van der Waals surface area contributed by atoms with E-state index in [0.29, 0.717) is 21.8 Å². The third kappa shape index (κ3) is 4.90. The maximum Gasteiger partial charge on any atom is 0.253 e. The highest BCUT2D eigenvalue weighted by Crippen LogP contribution is 2.26. The molecule has 0 atom stereocenters. The van der Waals surface area contributed by atoms with Crippen molar-refractivity contribution in [2.45, 2.75) is 21.8 Å². The first-order chi connectivity index (χ1) is 12.5. The molecule has 10 heteroatoms. The molecule has 2 aromatic heterocycles. The summed E-state index contributed by atoms with van der Waals surface area (Å²) in [5.74, 6) is 1.61. The monoisotopic (exact) mass is 388 g/mol. The molecule has 6 N–H and O–H groups in total. The molecule has 0 aliphatic heterocycles. The lowest BCUT2D eigenvalue weighted by Crippen LogP contribution is -2.09. The maximum absolute atomic E-state index is 11.5. The van der Waals surface area contributed by atoms with E-state index in [9.17, 15) is 9.59 Å². The van der Waals surface area contributed by atoms with Crippen molar-refractivity contribution in [3.63, 3.8) is 0 Å². The number of nitrogens with zero attached hydrogens (tertiary/aromatic N) is 2. The van der Waals surface area contributed by atoms with Gasteiger partial charge in [-0.2, -0.15) is 0 Å². The normalized spacial score (nSPS) is 10.8. The van der Waals surface area contributed by atoms with Crippen LogP contribution in [-0.2, 0) is 11.5 Å². The van der Waals surface area contributed by atoms with Gasteiger partial charge in [-0.3, -0.25) is 9.59 Å². The van der Waals surface area contributed by atoms with Gasteiger partial charge in [-0.25, -0.2) is 9.97 Å². The number of H-pyrrole nitrogens is 2. The van der Waals surface area contributed by atoms with Crippen LogP contribution in [0.5, 0.6) is 0 Å². The number of nitrogens with two attached hydrogens (primary N) is 2. The molecule has 0 aliphatic carbocycles. The average Bonchev–Trinajstić information content (AvgIpc) is 2.57. The van der Waals surface area contributed by atoms with E-state index in [0.717, 1.165) is 11.1 Å². The summed E-state index contributed by atoms with van der Waals surface area (Å²) in [5.41, 5.74) is 12.8. The van der Waals surface area contributed by atoms with E-state index >= 15 is 0 Å². The summed E-state index contributed by atoms with van der Waals surface area (Å²) >= 11 is 2.79. The van der Waals surface area contributed by atoms with E-state index in [1.54, 1.807) is 0 Å². The molecule has 1 aromatic carbocycles. The van der Waals surface area contributed by atoms with Gasteiger partial charge < -0.3 is 21.4 Å². The Labute approximate surface area is 156 Å². The molecule has 3 rings (SSSR count). The van der Waals surface area contributed by atoms with E-state index in [1.807, 2.05) is 24.3 Å². The van der Waals surface area contributed by atoms with E-state index in [4.69, 9.17) is 11.5 Å². The molecule has 0 saturated heterocycles. The minimum atomic E-state index is -0.277. The number of aromatic nitrogens is 4. The van der Waals surface area contributed by atoms with Crippen LogP contribution in [-0.4, -0.2) is 19.9 Å². The Morgan fingerprint density at radius 1 is 0.808 bits per heavy atom. The van der Waals surface area contributed by atoms with Crippen molar-refractivity contribution < 1.29 is 0 Å². The number of aromatic amines is 2. The summed E-state index contributed by atoms with van der Waals surface area (Å²) in [5, 5.41) is 0.943. The van der Waals surface area contributed by atoms with Gasteiger partial charge in [-0.1, -0.05) is 47.8 Å². The van der Waals surface area contributed by atoms with Crippen LogP contribution in [0.25, 0.3) is 0 Å². The predicted octanol–water partition coefficient (Wildman–Crippen LogP) is 1.60. The van der Waals surface area contributed by atoms with Gasteiger partial charge in [-0.15, -0.1) is 0 Å². The Hall–Kier alpha value is -2.72. The van der Waals surface area contributed by atoms with Crippen LogP contribution in [0.3, 0.4) is 0 Å². The fourth-order valence-electron chi connectivity index (χ4n) is 2.17. The zero-order valence-corrected chi connectivity index (χ0v) is 15.2. The van der Waals surface area contributed by atoms with Crippen LogP contribution in [0.15, 0.2) is 56.3 Å².